The van der Waals surface area contributed by atoms with Crippen molar-refractivity contribution in [2.24, 2.45) is 5.92 Å². The summed E-state index contributed by atoms with van der Waals surface area (Å²) in [7, 11) is 0.294. The highest BCUT2D eigenvalue weighted by Crippen LogP contribution is 2.21. The van der Waals surface area contributed by atoms with Crippen molar-refractivity contribution in [2.45, 2.75) is 37.8 Å². The molecule has 0 unspecified atom stereocenters. The van der Waals surface area contributed by atoms with E-state index in [2.05, 4.69) is 15.2 Å². The Hall–Kier alpha value is -2.82. The highest BCUT2D eigenvalue weighted by molar-refractivity contribution is 7.90. The minimum Gasteiger partial charge on any atom is -0.342 e. The average Bonchev–Trinajstić information content (AvgIpc) is 3.20. The highest BCUT2D eigenvalue weighted by Gasteiger charge is 2.25. The predicted octanol–water partition coefficient (Wildman–Crippen LogP) is 4.41. The van der Waals surface area contributed by atoms with E-state index in [1.54, 1.807) is 35.0 Å². The lowest BCUT2D eigenvalue weighted by molar-refractivity contribution is 0.320. The van der Waals surface area contributed by atoms with Gasteiger partial charge in [-0.3, -0.25) is 0 Å². The third-order valence-corrected chi connectivity index (χ3v) is 7.44. The van der Waals surface area contributed by atoms with Gasteiger partial charge in [0, 0.05) is 25.3 Å². The molecule has 1 N–H and O–H groups in total. The van der Waals surface area contributed by atoms with E-state index in [1.165, 1.54) is 12.1 Å². The number of halogens is 1. The summed E-state index contributed by atoms with van der Waals surface area (Å²) in [6, 6.07) is 15.1. The number of imidazole rings is 1. The van der Waals surface area contributed by atoms with Crippen LogP contribution in [-0.4, -0.2) is 60.1 Å². The van der Waals surface area contributed by atoms with E-state index >= 15 is 0 Å². The minimum absolute atomic E-state index is 0.0695. The molecule has 0 aliphatic carbocycles. The molecule has 0 atom stereocenters. The maximum atomic E-state index is 13.3. The van der Waals surface area contributed by atoms with Gasteiger partial charge in [0.1, 0.15) is 5.82 Å². The first-order chi connectivity index (χ1) is 17.0. The van der Waals surface area contributed by atoms with Gasteiger partial charge in [0.15, 0.2) is 5.11 Å². The van der Waals surface area contributed by atoms with Crippen LogP contribution in [-0.2, 0) is 28.7 Å². The maximum Gasteiger partial charge on any atom is 0.228 e. The van der Waals surface area contributed by atoms with E-state index in [9.17, 15) is 12.8 Å². The van der Waals surface area contributed by atoms with E-state index in [-0.39, 0.29) is 22.6 Å². The Kier molecular flexibility index (Phi) is 9.58. The summed E-state index contributed by atoms with van der Waals surface area (Å²) in [6.07, 6.45) is 1.63. The molecule has 2 aromatic carbocycles. The number of thiocarbonyl (C=S) groups is 1. The van der Waals surface area contributed by atoms with Gasteiger partial charge in [0.2, 0.25) is 15.0 Å². The summed E-state index contributed by atoms with van der Waals surface area (Å²) in [4.78, 5) is 8.39. The van der Waals surface area contributed by atoms with E-state index in [4.69, 9.17) is 12.2 Å². The van der Waals surface area contributed by atoms with Crippen LogP contribution in [0.4, 0.5) is 10.1 Å². The maximum absolute atomic E-state index is 13.3. The van der Waals surface area contributed by atoms with E-state index in [0.29, 0.717) is 30.4 Å². The van der Waals surface area contributed by atoms with Crippen molar-refractivity contribution in [2.75, 3.05) is 32.5 Å². The second kappa shape index (κ2) is 12.4. The molecule has 3 rings (SSSR count). The second-order valence-corrected chi connectivity index (χ2v) is 11.7. The Morgan fingerprint density at radius 2 is 1.75 bits per heavy atom. The first-order valence-electron chi connectivity index (χ1n) is 11.8. The second-order valence-electron chi connectivity index (χ2n) is 9.44. The van der Waals surface area contributed by atoms with Crippen LogP contribution in [0.5, 0.6) is 0 Å². The van der Waals surface area contributed by atoms with Gasteiger partial charge in [0.05, 0.1) is 24.2 Å². The number of aromatic nitrogens is 2. The number of sulfone groups is 1. The Balaban J connectivity index is 1.89. The van der Waals surface area contributed by atoms with Crippen molar-refractivity contribution in [3.8, 4) is 0 Å². The molecule has 0 amide bonds. The van der Waals surface area contributed by atoms with Crippen LogP contribution in [0.3, 0.4) is 0 Å². The molecule has 0 saturated heterocycles. The molecule has 0 fully saturated rings. The molecule has 0 aliphatic rings. The normalized spacial score (nSPS) is 11.8. The molecular formula is C26H34FN5O2S2. The predicted molar refractivity (Wildman–Crippen MR) is 146 cm³/mol. The molecule has 0 bridgehead atoms. The van der Waals surface area contributed by atoms with E-state index < -0.39 is 9.84 Å². The monoisotopic (exact) mass is 531 g/mol. The number of likely N-dealkylation sites (N-methyl/N-ethyl adjacent to an activating group) is 1. The van der Waals surface area contributed by atoms with E-state index in [0.717, 1.165) is 17.8 Å². The zero-order chi connectivity index (χ0) is 26.3. The zero-order valence-electron chi connectivity index (χ0n) is 21.2. The third kappa shape index (κ3) is 7.84. The summed E-state index contributed by atoms with van der Waals surface area (Å²) in [6.45, 7) is 6.32. The lowest BCUT2D eigenvalue weighted by Crippen LogP contribution is -2.39. The third-order valence-electron chi connectivity index (χ3n) is 5.48. The van der Waals surface area contributed by atoms with Gasteiger partial charge in [-0.1, -0.05) is 44.2 Å². The van der Waals surface area contributed by atoms with Gasteiger partial charge in [-0.15, -0.1) is 0 Å². The lowest BCUT2D eigenvalue weighted by atomic mass is 10.2. The largest absolute Gasteiger partial charge is 0.342 e. The first-order valence-corrected chi connectivity index (χ1v) is 13.9. The van der Waals surface area contributed by atoms with Gasteiger partial charge in [-0.2, -0.15) is 0 Å². The van der Waals surface area contributed by atoms with Crippen LogP contribution in [0.25, 0.3) is 0 Å². The molecule has 0 aliphatic heterocycles. The molecule has 1 heterocycles. The van der Waals surface area contributed by atoms with Crippen molar-refractivity contribution in [1.82, 2.24) is 19.4 Å². The molecule has 0 spiro atoms. The Labute approximate surface area is 218 Å². The fraction of sp³-hybridized carbons (Fsp3) is 0.385. The van der Waals surface area contributed by atoms with Crippen molar-refractivity contribution in [3.05, 3.63) is 77.9 Å². The number of hydrogen-bond acceptors (Lipinski definition) is 5. The smallest absolute Gasteiger partial charge is 0.228 e. The average molecular weight is 532 g/mol. The number of nitrogens with one attached hydrogen (secondary N) is 1. The van der Waals surface area contributed by atoms with Crippen molar-refractivity contribution >= 4 is 32.9 Å². The van der Waals surface area contributed by atoms with Crippen LogP contribution < -0.4 is 5.32 Å². The van der Waals surface area contributed by atoms with E-state index in [1.807, 2.05) is 51.0 Å². The van der Waals surface area contributed by atoms with Crippen molar-refractivity contribution in [3.63, 3.8) is 0 Å². The minimum atomic E-state index is -3.66. The van der Waals surface area contributed by atoms with Gasteiger partial charge in [-0.25, -0.2) is 17.8 Å². The Morgan fingerprint density at radius 1 is 1.08 bits per heavy atom. The topological polar surface area (TPSA) is 70.5 Å². The van der Waals surface area contributed by atoms with Crippen molar-refractivity contribution < 1.29 is 12.8 Å². The summed E-state index contributed by atoms with van der Waals surface area (Å²) in [5.74, 6) is -0.224. The molecule has 3 aromatic rings. The Morgan fingerprint density at radius 3 is 2.36 bits per heavy atom. The molecule has 10 heteroatoms. The molecule has 1 aromatic heterocycles. The van der Waals surface area contributed by atoms with Crippen molar-refractivity contribution in [1.29, 1.82) is 0 Å². The summed E-state index contributed by atoms with van der Waals surface area (Å²) in [5, 5.41) is 3.70. The summed E-state index contributed by atoms with van der Waals surface area (Å²) in [5.41, 5.74) is 2.16. The molecule has 0 saturated carbocycles. The number of benzene rings is 2. The summed E-state index contributed by atoms with van der Waals surface area (Å²) >= 11 is 5.69. The molecule has 194 valence electrons. The number of rotatable bonds is 11. The number of anilines is 1. The van der Waals surface area contributed by atoms with Gasteiger partial charge in [0.25, 0.3) is 0 Å². The van der Waals surface area contributed by atoms with Gasteiger partial charge < -0.3 is 19.7 Å². The quantitative estimate of drug-likeness (QED) is 0.368. The molecule has 0 radical (unpaired) electrons. The first kappa shape index (κ1) is 27.8. The van der Waals surface area contributed by atoms with Crippen LogP contribution in [0.1, 0.15) is 25.1 Å². The molecule has 7 nitrogen and oxygen atoms in total. The molecular weight excluding hydrogens is 497 g/mol. The highest BCUT2D eigenvalue weighted by atomic mass is 32.2. The van der Waals surface area contributed by atoms with Crippen LogP contribution in [0, 0.1) is 11.7 Å². The molecule has 36 heavy (non-hydrogen) atoms. The van der Waals surface area contributed by atoms with Crippen LogP contribution >= 0.6 is 12.2 Å². The SMILES string of the molecule is CC(C)Cn1c(CN(CCN(C)C)C(=S)Nc2ccc(F)cc2)cnc1S(=O)(=O)Cc1ccccc1. The summed E-state index contributed by atoms with van der Waals surface area (Å²) < 4.78 is 41.8. The Bertz CT molecular complexity index is 1240. The number of hydrogen-bond donors (Lipinski definition) is 1. The van der Waals surface area contributed by atoms with Gasteiger partial charge >= 0.3 is 0 Å². The standard InChI is InChI=1S/C26H34FN5O2S2/c1-20(2)17-32-24(16-28-26(32)36(33,34)19-21-8-6-5-7-9-21)18-31(15-14-30(3)4)25(35)29-23-12-10-22(27)11-13-23/h5-13,16,20H,14-15,17-19H2,1-4H3,(H,29,35). The van der Waals surface area contributed by atoms with Crippen LogP contribution in [0.2, 0.25) is 0 Å². The lowest BCUT2D eigenvalue weighted by Gasteiger charge is -2.28. The fourth-order valence-electron chi connectivity index (χ4n) is 3.69. The van der Waals surface area contributed by atoms with Gasteiger partial charge in [-0.05, 0) is 62.1 Å². The van der Waals surface area contributed by atoms with Crippen LogP contribution in [0.15, 0.2) is 66.0 Å². The number of nitrogens with zero attached hydrogens (tertiary/aromatic N) is 4. The fourth-order valence-corrected chi connectivity index (χ4v) is 5.46. The zero-order valence-corrected chi connectivity index (χ0v) is 22.8.